The maximum atomic E-state index is 5.50. The van der Waals surface area contributed by atoms with Crippen molar-refractivity contribution in [3.05, 3.63) is 35.6 Å². The minimum atomic E-state index is 0. The van der Waals surface area contributed by atoms with Crippen LogP contribution in [-0.4, -0.2) is 26.1 Å². The number of imidazole rings is 1. The van der Waals surface area contributed by atoms with Crippen LogP contribution in [0.1, 0.15) is 5.01 Å². The summed E-state index contributed by atoms with van der Waals surface area (Å²) in [6.45, 7) is 0.615. The number of rotatable bonds is 3. The third-order valence-electron chi connectivity index (χ3n) is 2.37. The van der Waals surface area contributed by atoms with E-state index in [-0.39, 0.29) is 12.4 Å². The molecular weight excluding hydrogens is 270 g/mol. The van der Waals surface area contributed by atoms with Crippen molar-refractivity contribution in [2.45, 2.75) is 6.42 Å². The molecule has 0 atom stereocenters. The van der Waals surface area contributed by atoms with Crippen molar-refractivity contribution < 1.29 is 0 Å². The zero-order valence-corrected chi connectivity index (χ0v) is 11.1. The lowest BCUT2D eigenvalue weighted by molar-refractivity contribution is 0.872. The van der Waals surface area contributed by atoms with Gasteiger partial charge in [0.05, 0.1) is 11.9 Å². The van der Waals surface area contributed by atoms with Crippen LogP contribution in [0, 0.1) is 0 Å². The lowest BCUT2D eigenvalue weighted by atomic mass is 10.3. The molecule has 0 spiro atoms. The molecule has 3 aromatic heterocycles. The molecule has 3 rings (SSSR count). The van der Waals surface area contributed by atoms with Crippen molar-refractivity contribution in [1.29, 1.82) is 0 Å². The van der Waals surface area contributed by atoms with Crippen LogP contribution in [0.25, 0.3) is 16.3 Å². The Morgan fingerprint density at radius 3 is 2.83 bits per heavy atom. The fourth-order valence-corrected chi connectivity index (χ4v) is 2.49. The Morgan fingerprint density at radius 1 is 1.28 bits per heavy atom. The fourth-order valence-electron chi connectivity index (χ4n) is 1.60. The van der Waals surface area contributed by atoms with Crippen LogP contribution in [-0.2, 0) is 6.42 Å². The smallest absolute Gasteiger partial charge is 0.212 e. The van der Waals surface area contributed by atoms with Crippen molar-refractivity contribution in [3.63, 3.8) is 0 Å². The van der Waals surface area contributed by atoms with Gasteiger partial charge >= 0.3 is 0 Å². The summed E-state index contributed by atoms with van der Waals surface area (Å²) in [7, 11) is 0. The molecule has 0 saturated carbocycles. The highest BCUT2D eigenvalue weighted by Gasteiger charge is 2.09. The predicted molar refractivity (Wildman–Crippen MR) is 74.1 cm³/mol. The summed E-state index contributed by atoms with van der Waals surface area (Å²) in [5, 5.41) is 5.43. The Hall–Kier alpha value is -1.50. The molecule has 0 fully saturated rings. The monoisotopic (exact) mass is 281 g/mol. The molecule has 94 valence electrons. The van der Waals surface area contributed by atoms with E-state index >= 15 is 0 Å². The molecule has 18 heavy (non-hydrogen) atoms. The van der Waals surface area contributed by atoms with E-state index in [0.717, 1.165) is 27.8 Å². The molecular formula is C11H12ClN5S. The van der Waals surface area contributed by atoms with Gasteiger partial charge in [0.2, 0.25) is 4.96 Å². The van der Waals surface area contributed by atoms with Gasteiger partial charge in [-0.25, -0.2) is 9.50 Å². The number of halogens is 1. The molecule has 0 aliphatic rings. The van der Waals surface area contributed by atoms with Crippen LogP contribution in [0.3, 0.4) is 0 Å². The molecule has 0 bridgehead atoms. The Bertz CT molecular complexity index is 602. The van der Waals surface area contributed by atoms with Gasteiger partial charge in [-0.15, -0.1) is 12.4 Å². The molecule has 0 saturated heterocycles. The average molecular weight is 282 g/mol. The first kappa shape index (κ1) is 12.9. The maximum Gasteiger partial charge on any atom is 0.212 e. The summed E-state index contributed by atoms with van der Waals surface area (Å²) >= 11 is 1.57. The molecule has 0 aromatic carbocycles. The van der Waals surface area contributed by atoms with Crippen LogP contribution >= 0.6 is 23.7 Å². The standard InChI is InChI=1S/C11H11N5S.ClH/c12-5-4-10-15-16-7-9(14-11(16)17-10)8-3-1-2-6-13-8;/h1-3,6-7H,4-5,12H2;1H. The number of nitrogens with two attached hydrogens (primary N) is 1. The second-order valence-corrected chi connectivity index (χ2v) is 4.64. The molecule has 3 heterocycles. The molecule has 3 aromatic rings. The average Bonchev–Trinajstić information content (AvgIpc) is 2.88. The quantitative estimate of drug-likeness (QED) is 0.794. The van der Waals surface area contributed by atoms with Crippen LogP contribution in [0.15, 0.2) is 30.6 Å². The van der Waals surface area contributed by atoms with E-state index < -0.39 is 0 Å². The van der Waals surface area contributed by atoms with E-state index in [1.807, 2.05) is 24.4 Å². The number of fused-ring (bicyclic) bond motifs is 1. The number of pyridine rings is 1. The number of aromatic nitrogens is 4. The van der Waals surface area contributed by atoms with Crippen LogP contribution in [0.4, 0.5) is 0 Å². The highest BCUT2D eigenvalue weighted by Crippen LogP contribution is 2.20. The zero-order valence-electron chi connectivity index (χ0n) is 9.48. The van der Waals surface area contributed by atoms with Gasteiger partial charge in [-0.3, -0.25) is 4.98 Å². The Balaban J connectivity index is 0.00000120. The predicted octanol–water partition coefficient (Wildman–Crippen LogP) is 1.78. The summed E-state index contributed by atoms with van der Waals surface area (Å²) in [4.78, 5) is 9.65. The Morgan fingerprint density at radius 2 is 2.17 bits per heavy atom. The van der Waals surface area contributed by atoms with E-state index in [2.05, 4.69) is 15.1 Å². The minimum absolute atomic E-state index is 0. The second kappa shape index (κ2) is 5.43. The lowest BCUT2D eigenvalue weighted by Gasteiger charge is -1.92. The summed E-state index contributed by atoms with van der Waals surface area (Å²) in [6.07, 6.45) is 4.46. The number of hydrogen-bond acceptors (Lipinski definition) is 5. The Labute approximate surface area is 114 Å². The van der Waals surface area contributed by atoms with Gasteiger partial charge < -0.3 is 5.73 Å². The third-order valence-corrected chi connectivity index (χ3v) is 3.35. The minimum Gasteiger partial charge on any atom is -0.330 e. The summed E-state index contributed by atoms with van der Waals surface area (Å²) in [5.74, 6) is 0. The van der Waals surface area contributed by atoms with Crippen molar-refractivity contribution in [3.8, 4) is 11.4 Å². The molecule has 2 N–H and O–H groups in total. The normalized spacial score (nSPS) is 10.5. The summed E-state index contributed by atoms with van der Waals surface area (Å²) in [5.41, 5.74) is 7.22. The van der Waals surface area contributed by atoms with Crippen molar-refractivity contribution in [1.82, 2.24) is 19.6 Å². The van der Waals surface area contributed by atoms with Crippen LogP contribution in [0.5, 0.6) is 0 Å². The molecule has 0 aliphatic carbocycles. The van der Waals surface area contributed by atoms with Gasteiger partial charge in [-0.05, 0) is 18.7 Å². The van der Waals surface area contributed by atoms with E-state index in [1.54, 1.807) is 22.0 Å². The highest BCUT2D eigenvalue weighted by atomic mass is 35.5. The Kier molecular flexibility index (Phi) is 3.90. The van der Waals surface area contributed by atoms with Gasteiger partial charge in [0.25, 0.3) is 0 Å². The van der Waals surface area contributed by atoms with Crippen molar-refractivity contribution in [2.75, 3.05) is 6.54 Å². The fraction of sp³-hybridized carbons (Fsp3) is 0.182. The number of hydrogen-bond donors (Lipinski definition) is 1. The molecule has 0 aliphatic heterocycles. The van der Waals surface area contributed by atoms with E-state index in [0.29, 0.717) is 6.54 Å². The van der Waals surface area contributed by atoms with Crippen LogP contribution in [0.2, 0.25) is 0 Å². The lowest BCUT2D eigenvalue weighted by Crippen LogP contribution is -2.02. The molecule has 0 radical (unpaired) electrons. The van der Waals surface area contributed by atoms with Gasteiger partial charge in [-0.2, -0.15) is 5.10 Å². The van der Waals surface area contributed by atoms with Gasteiger partial charge in [0, 0.05) is 12.6 Å². The zero-order chi connectivity index (χ0) is 11.7. The topological polar surface area (TPSA) is 69.1 Å². The molecule has 0 unspecified atom stereocenters. The van der Waals surface area contributed by atoms with E-state index in [1.165, 1.54) is 0 Å². The van der Waals surface area contributed by atoms with Crippen molar-refractivity contribution >= 4 is 28.7 Å². The first-order valence-corrected chi connectivity index (χ1v) is 6.15. The first-order chi connectivity index (χ1) is 8.36. The van der Waals surface area contributed by atoms with Gasteiger partial charge in [0.1, 0.15) is 10.7 Å². The largest absolute Gasteiger partial charge is 0.330 e. The summed E-state index contributed by atoms with van der Waals surface area (Å²) < 4.78 is 1.79. The third kappa shape index (κ3) is 2.35. The maximum absolute atomic E-state index is 5.50. The summed E-state index contributed by atoms with van der Waals surface area (Å²) in [6, 6.07) is 5.77. The van der Waals surface area contributed by atoms with E-state index in [9.17, 15) is 0 Å². The second-order valence-electron chi connectivity index (χ2n) is 3.60. The van der Waals surface area contributed by atoms with Gasteiger partial charge in [-0.1, -0.05) is 17.4 Å². The first-order valence-electron chi connectivity index (χ1n) is 5.33. The molecule has 7 heteroatoms. The van der Waals surface area contributed by atoms with Crippen molar-refractivity contribution in [2.24, 2.45) is 5.73 Å². The SMILES string of the molecule is Cl.NCCc1nn2cc(-c3ccccn3)nc2s1. The molecule has 5 nitrogen and oxygen atoms in total. The van der Waals surface area contributed by atoms with Crippen LogP contribution < -0.4 is 5.73 Å². The molecule has 0 amide bonds. The van der Waals surface area contributed by atoms with Gasteiger partial charge in [0.15, 0.2) is 0 Å². The van der Waals surface area contributed by atoms with E-state index in [4.69, 9.17) is 5.73 Å². The number of nitrogens with zero attached hydrogens (tertiary/aromatic N) is 4. The highest BCUT2D eigenvalue weighted by molar-refractivity contribution is 7.16.